The van der Waals surface area contributed by atoms with Crippen LogP contribution >= 0.6 is 0 Å². The highest BCUT2D eigenvalue weighted by atomic mass is 16.6. The summed E-state index contributed by atoms with van der Waals surface area (Å²) in [6.45, 7) is 0.332. The summed E-state index contributed by atoms with van der Waals surface area (Å²) >= 11 is 0. The molecule has 1 aromatic carbocycles. The third-order valence-electron chi connectivity index (χ3n) is 3.20. The number of amides is 1. The maximum Gasteiger partial charge on any atom is 0.303 e. The number of carbonyl (C=O) groups excluding carboxylic acids is 1. The summed E-state index contributed by atoms with van der Waals surface area (Å²) in [5.41, 5.74) is 1.52. The molecular weight excluding hydrogens is 278 g/mol. The number of benzene rings is 1. The lowest BCUT2D eigenvalue weighted by molar-refractivity contribution is -0.383. The van der Waals surface area contributed by atoms with Gasteiger partial charge in [0.2, 0.25) is 5.91 Å². The van der Waals surface area contributed by atoms with E-state index < -0.39 is 10.9 Å². The first-order valence-electron chi connectivity index (χ1n) is 6.54. The number of nitro groups is 1. The number of nitrogens with zero attached hydrogens (tertiary/aromatic N) is 1. The van der Waals surface area contributed by atoms with E-state index in [2.05, 4.69) is 10.6 Å². The number of nitrogens with one attached hydrogen (secondary N) is 2. The molecule has 1 aromatic rings. The molecule has 8 nitrogen and oxygen atoms in total. The van der Waals surface area contributed by atoms with E-state index >= 15 is 0 Å². The van der Waals surface area contributed by atoms with Gasteiger partial charge in [0.15, 0.2) is 0 Å². The fourth-order valence-corrected chi connectivity index (χ4v) is 2.17. The molecule has 0 saturated heterocycles. The molecule has 2 rings (SSSR count). The fourth-order valence-electron chi connectivity index (χ4n) is 2.17. The zero-order chi connectivity index (χ0) is 15.4. The predicted molar refractivity (Wildman–Crippen MR) is 75.4 cm³/mol. The molecule has 1 aliphatic rings. The van der Waals surface area contributed by atoms with Crippen molar-refractivity contribution < 1.29 is 19.6 Å². The van der Waals surface area contributed by atoms with Gasteiger partial charge in [0.25, 0.3) is 5.69 Å². The second-order valence-corrected chi connectivity index (χ2v) is 4.76. The van der Waals surface area contributed by atoms with Crippen LogP contribution in [0, 0.1) is 10.1 Å². The van der Waals surface area contributed by atoms with Crippen LogP contribution in [0.3, 0.4) is 0 Å². The summed E-state index contributed by atoms with van der Waals surface area (Å²) in [7, 11) is 0. The van der Waals surface area contributed by atoms with Crippen molar-refractivity contribution in [2.75, 3.05) is 17.2 Å². The van der Waals surface area contributed by atoms with Crippen LogP contribution in [-0.4, -0.2) is 28.5 Å². The lowest BCUT2D eigenvalue weighted by Gasteiger charge is -2.18. The monoisotopic (exact) mass is 293 g/mol. The number of carboxylic acid groups (broad SMARTS) is 1. The highest BCUT2D eigenvalue weighted by molar-refractivity contribution is 5.95. The Morgan fingerprint density at radius 1 is 1.43 bits per heavy atom. The summed E-state index contributed by atoms with van der Waals surface area (Å²) in [4.78, 5) is 32.3. The van der Waals surface area contributed by atoms with Crippen LogP contribution in [0.5, 0.6) is 0 Å². The molecule has 3 N–H and O–H groups in total. The third-order valence-corrected chi connectivity index (χ3v) is 3.20. The SMILES string of the molecule is O=C(O)CCCNc1cc2c(cc1[N+](=O)[O-])NC(=O)CC2. The minimum absolute atomic E-state index is 0.00178. The van der Waals surface area contributed by atoms with E-state index in [0.717, 1.165) is 5.56 Å². The van der Waals surface area contributed by atoms with Gasteiger partial charge < -0.3 is 15.7 Å². The Kier molecular flexibility index (Phi) is 4.36. The van der Waals surface area contributed by atoms with Crippen molar-refractivity contribution in [1.82, 2.24) is 0 Å². The van der Waals surface area contributed by atoms with Crippen molar-refractivity contribution in [3.8, 4) is 0 Å². The van der Waals surface area contributed by atoms with Gasteiger partial charge in [0, 0.05) is 25.5 Å². The number of hydrogen-bond acceptors (Lipinski definition) is 5. The number of aliphatic carboxylic acids is 1. The fraction of sp³-hybridized carbons (Fsp3) is 0.385. The molecule has 8 heteroatoms. The smallest absolute Gasteiger partial charge is 0.303 e. The number of rotatable bonds is 6. The summed E-state index contributed by atoms with van der Waals surface area (Å²) < 4.78 is 0. The highest BCUT2D eigenvalue weighted by Gasteiger charge is 2.22. The van der Waals surface area contributed by atoms with Gasteiger partial charge in [-0.3, -0.25) is 19.7 Å². The molecule has 0 unspecified atom stereocenters. The van der Waals surface area contributed by atoms with Crippen LogP contribution < -0.4 is 10.6 Å². The first-order valence-corrected chi connectivity index (χ1v) is 6.54. The highest BCUT2D eigenvalue weighted by Crippen LogP contribution is 2.34. The van der Waals surface area contributed by atoms with Crippen molar-refractivity contribution in [2.24, 2.45) is 0 Å². The third kappa shape index (κ3) is 3.68. The van der Waals surface area contributed by atoms with Gasteiger partial charge in [-0.2, -0.15) is 0 Å². The molecule has 0 saturated carbocycles. The van der Waals surface area contributed by atoms with E-state index in [0.29, 0.717) is 37.2 Å². The lowest BCUT2D eigenvalue weighted by atomic mass is 10.0. The zero-order valence-corrected chi connectivity index (χ0v) is 11.2. The molecule has 0 aromatic heterocycles. The van der Waals surface area contributed by atoms with Gasteiger partial charge in [-0.1, -0.05) is 0 Å². The Morgan fingerprint density at radius 2 is 2.19 bits per heavy atom. The molecule has 0 bridgehead atoms. The van der Waals surface area contributed by atoms with Crippen LogP contribution in [0.2, 0.25) is 0 Å². The topological polar surface area (TPSA) is 122 Å². The van der Waals surface area contributed by atoms with Crippen LogP contribution in [-0.2, 0) is 16.0 Å². The number of carbonyl (C=O) groups is 2. The van der Waals surface area contributed by atoms with Gasteiger partial charge in [-0.25, -0.2) is 0 Å². The Morgan fingerprint density at radius 3 is 2.86 bits per heavy atom. The quantitative estimate of drug-likeness (QED) is 0.417. The van der Waals surface area contributed by atoms with Crippen molar-refractivity contribution >= 4 is 28.9 Å². The molecule has 0 spiro atoms. The van der Waals surface area contributed by atoms with Crippen molar-refractivity contribution in [1.29, 1.82) is 0 Å². The van der Waals surface area contributed by atoms with Crippen LogP contribution in [0.15, 0.2) is 12.1 Å². The average molecular weight is 293 g/mol. The van der Waals surface area contributed by atoms with Gasteiger partial charge in [-0.05, 0) is 24.5 Å². The van der Waals surface area contributed by atoms with Crippen LogP contribution in [0.25, 0.3) is 0 Å². The number of hydrogen-bond donors (Lipinski definition) is 3. The minimum atomic E-state index is -0.903. The van der Waals surface area contributed by atoms with E-state index in [-0.39, 0.29) is 18.0 Å². The van der Waals surface area contributed by atoms with Gasteiger partial charge in [-0.15, -0.1) is 0 Å². The molecular formula is C13H15N3O5. The molecule has 21 heavy (non-hydrogen) atoms. The second kappa shape index (κ2) is 6.21. The summed E-state index contributed by atoms with van der Waals surface area (Å²) in [6.07, 6.45) is 1.26. The van der Waals surface area contributed by atoms with Crippen molar-refractivity contribution in [2.45, 2.75) is 25.7 Å². The molecule has 0 aliphatic carbocycles. The number of aryl methyl sites for hydroxylation is 1. The van der Waals surface area contributed by atoms with Gasteiger partial charge >= 0.3 is 5.97 Å². The largest absolute Gasteiger partial charge is 0.481 e. The van der Waals surface area contributed by atoms with E-state index in [1.807, 2.05) is 0 Å². The molecule has 1 amide bonds. The Balaban J connectivity index is 2.17. The predicted octanol–water partition coefficient (Wildman–Crippen LogP) is 1.76. The number of nitro benzene ring substituents is 1. The average Bonchev–Trinajstić information content (AvgIpc) is 2.42. The van der Waals surface area contributed by atoms with Gasteiger partial charge in [0.1, 0.15) is 5.69 Å². The molecule has 0 radical (unpaired) electrons. The number of anilines is 2. The lowest BCUT2D eigenvalue weighted by Crippen LogP contribution is -2.19. The Labute approximate surface area is 120 Å². The van der Waals surface area contributed by atoms with E-state index in [4.69, 9.17) is 5.11 Å². The summed E-state index contributed by atoms with van der Waals surface area (Å²) in [5.74, 6) is -1.06. The molecule has 0 atom stereocenters. The molecule has 0 fully saturated rings. The van der Waals surface area contributed by atoms with Crippen molar-refractivity contribution in [3.05, 3.63) is 27.8 Å². The van der Waals surface area contributed by atoms with Crippen LogP contribution in [0.4, 0.5) is 17.1 Å². The summed E-state index contributed by atoms with van der Waals surface area (Å²) in [6, 6.07) is 2.99. The maximum atomic E-state index is 11.3. The second-order valence-electron chi connectivity index (χ2n) is 4.76. The van der Waals surface area contributed by atoms with Crippen LogP contribution in [0.1, 0.15) is 24.8 Å². The Bertz CT molecular complexity index is 600. The zero-order valence-electron chi connectivity index (χ0n) is 11.2. The first kappa shape index (κ1) is 14.8. The first-order chi connectivity index (χ1) is 9.97. The standard InChI is InChI=1S/C13H15N3O5/c17-12-4-3-8-6-10(14-5-1-2-13(18)19)11(16(20)21)7-9(8)15-12/h6-7,14H,1-5H2,(H,15,17)(H,18,19). The maximum absolute atomic E-state index is 11.3. The normalized spacial score (nSPS) is 13.2. The van der Waals surface area contributed by atoms with E-state index in [1.54, 1.807) is 6.07 Å². The van der Waals surface area contributed by atoms with E-state index in [9.17, 15) is 19.7 Å². The molecule has 112 valence electrons. The summed E-state index contributed by atoms with van der Waals surface area (Å²) in [5, 5.41) is 25.2. The van der Waals surface area contributed by atoms with E-state index in [1.165, 1.54) is 6.07 Å². The Hall–Kier alpha value is -2.64. The molecule has 1 aliphatic heterocycles. The minimum Gasteiger partial charge on any atom is -0.481 e. The number of fused-ring (bicyclic) bond motifs is 1. The molecule has 1 heterocycles. The van der Waals surface area contributed by atoms with Crippen molar-refractivity contribution in [3.63, 3.8) is 0 Å². The number of carboxylic acids is 1. The van der Waals surface area contributed by atoms with Gasteiger partial charge in [0.05, 0.1) is 10.6 Å².